The summed E-state index contributed by atoms with van der Waals surface area (Å²) in [7, 11) is 1.59. The van der Waals surface area contributed by atoms with Gasteiger partial charge in [0.25, 0.3) is 0 Å². The first kappa shape index (κ1) is 21.1. The fourth-order valence-electron chi connectivity index (χ4n) is 2.62. The maximum Gasteiger partial charge on any atom is 0.137 e. The quantitative estimate of drug-likeness (QED) is 0.361. The molecule has 0 radical (unpaired) electrons. The molecule has 0 aliphatic rings. The number of ether oxygens (including phenoxy) is 2. The van der Waals surface area contributed by atoms with Gasteiger partial charge < -0.3 is 14.8 Å². The number of hydrogen-bond donors (Lipinski definition) is 1. The topological polar surface area (TPSA) is 30.5 Å². The predicted molar refractivity (Wildman–Crippen MR) is 120 cm³/mol. The lowest BCUT2D eigenvalue weighted by Gasteiger charge is -2.15. The molecule has 3 nitrogen and oxygen atoms in total. The van der Waals surface area contributed by atoms with Gasteiger partial charge in [-0.3, -0.25) is 0 Å². The van der Waals surface area contributed by atoms with Crippen LogP contribution in [0.1, 0.15) is 11.1 Å². The Kier molecular flexibility index (Phi) is 7.36. The van der Waals surface area contributed by atoms with Gasteiger partial charge in [-0.2, -0.15) is 0 Å². The number of halogens is 4. The summed E-state index contributed by atoms with van der Waals surface area (Å²) in [6, 6.07) is 16.8. The van der Waals surface area contributed by atoms with E-state index in [-0.39, 0.29) is 6.61 Å². The van der Waals surface area contributed by atoms with Crippen molar-refractivity contribution in [2.75, 3.05) is 12.4 Å². The minimum Gasteiger partial charge on any atom is -0.495 e. The van der Waals surface area contributed by atoms with Gasteiger partial charge in [0.05, 0.1) is 12.1 Å². The molecule has 0 amide bonds. The van der Waals surface area contributed by atoms with Crippen LogP contribution < -0.4 is 14.8 Å². The summed E-state index contributed by atoms with van der Waals surface area (Å²) in [5.74, 6) is 1.38. The maximum atomic E-state index is 6.23. The average Bonchev–Trinajstić information content (AvgIpc) is 2.67. The number of hydrogen-bond acceptors (Lipinski definition) is 3. The Bertz CT molecular complexity index is 962. The van der Waals surface area contributed by atoms with Crippen LogP contribution in [-0.2, 0) is 13.2 Å². The van der Waals surface area contributed by atoms with Gasteiger partial charge in [-0.05, 0) is 48.5 Å². The summed E-state index contributed by atoms with van der Waals surface area (Å²) in [6.45, 7) is 0.829. The van der Waals surface area contributed by atoms with Crippen molar-refractivity contribution in [3.8, 4) is 11.5 Å². The summed E-state index contributed by atoms with van der Waals surface area (Å²) in [5, 5.41) is 5.06. The number of benzene rings is 3. The van der Waals surface area contributed by atoms with E-state index in [4.69, 9.17) is 44.3 Å². The normalized spacial score (nSPS) is 10.6. The Morgan fingerprint density at radius 3 is 2.29 bits per heavy atom. The Hall–Kier alpha value is -1.59. The molecule has 0 bridgehead atoms. The molecular weight excluding hydrogens is 484 g/mol. The Balaban J connectivity index is 1.74. The number of rotatable bonds is 7. The van der Waals surface area contributed by atoms with E-state index in [1.165, 1.54) is 0 Å². The molecule has 28 heavy (non-hydrogen) atoms. The monoisotopic (exact) mass is 499 g/mol. The van der Waals surface area contributed by atoms with Gasteiger partial charge in [-0.15, -0.1) is 0 Å². The van der Waals surface area contributed by atoms with E-state index in [2.05, 4.69) is 21.2 Å². The van der Waals surface area contributed by atoms with E-state index in [1.54, 1.807) is 19.2 Å². The van der Waals surface area contributed by atoms with Gasteiger partial charge in [0.1, 0.15) is 18.1 Å². The highest BCUT2D eigenvalue weighted by molar-refractivity contribution is 9.10. The first-order chi connectivity index (χ1) is 13.5. The summed E-state index contributed by atoms with van der Waals surface area (Å²) >= 11 is 22.2. The highest BCUT2D eigenvalue weighted by Gasteiger charge is 2.10. The van der Waals surface area contributed by atoms with E-state index in [0.29, 0.717) is 27.4 Å². The second-order valence-corrected chi connectivity index (χ2v) is 8.08. The molecule has 0 heterocycles. The van der Waals surface area contributed by atoms with Crippen molar-refractivity contribution in [2.45, 2.75) is 13.2 Å². The van der Waals surface area contributed by atoms with Crippen LogP contribution in [0.4, 0.5) is 5.69 Å². The molecule has 0 unspecified atom stereocenters. The molecular formula is C21H17BrCl3NO2. The van der Waals surface area contributed by atoms with Crippen molar-refractivity contribution in [3.05, 3.63) is 85.3 Å². The molecule has 0 spiro atoms. The first-order valence-electron chi connectivity index (χ1n) is 8.39. The molecule has 0 fully saturated rings. The molecule has 0 atom stereocenters. The van der Waals surface area contributed by atoms with Gasteiger partial charge in [-0.1, -0.05) is 56.8 Å². The van der Waals surface area contributed by atoms with Gasteiger partial charge in [0, 0.05) is 37.9 Å². The van der Waals surface area contributed by atoms with Crippen molar-refractivity contribution in [1.29, 1.82) is 0 Å². The summed E-state index contributed by atoms with van der Waals surface area (Å²) in [4.78, 5) is 0. The van der Waals surface area contributed by atoms with Crippen LogP contribution in [0.5, 0.6) is 11.5 Å². The van der Waals surface area contributed by atoms with Crippen molar-refractivity contribution in [2.24, 2.45) is 0 Å². The lowest BCUT2D eigenvalue weighted by atomic mass is 10.2. The molecule has 0 aliphatic heterocycles. The Labute approximate surface area is 187 Å². The molecule has 146 valence electrons. The van der Waals surface area contributed by atoms with Gasteiger partial charge in [0.2, 0.25) is 0 Å². The molecule has 3 rings (SSSR count). The van der Waals surface area contributed by atoms with Crippen molar-refractivity contribution in [1.82, 2.24) is 0 Å². The summed E-state index contributed by atoms with van der Waals surface area (Å²) < 4.78 is 12.2. The molecule has 0 aliphatic carbocycles. The van der Waals surface area contributed by atoms with Gasteiger partial charge in [-0.25, -0.2) is 0 Å². The average molecular weight is 502 g/mol. The lowest BCUT2D eigenvalue weighted by molar-refractivity contribution is 0.303. The van der Waals surface area contributed by atoms with Gasteiger partial charge in [0.15, 0.2) is 0 Å². The van der Waals surface area contributed by atoms with Crippen LogP contribution in [0.15, 0.2) is 59.1 Å². The van der Waals surface area contributed by atoms with Crippen LogP contribution in [0.2, 0.25) is 15.1 Å². The maximum absolute atomic E-state index is 6.23. The number of methoxy groups -OCH3 is 1. The predicted octanol–water partition coefficient (Wildman–Crippen LogP) is 7.61. The molecule has 1 N–H and O–H groups in total. The van der Waals surface area contributed by atoms with Crippen molar-refractivity contribution >= 4 is 56.4 Å². The van der Waals surface area contributed by atoms with Crippen molar-refractivity contribution < 1.29 is 9.47 Å². The highest BCUT2D eigenvalue weighted by Crippen LogP contribution is 2.30. The van der Waals surface area contributed by atoms with Crippen LogP contribution >= 0.6 is 50.7 Å². The number of anilines is 1. The number of nitrogens with one attached hydrogen (secondary N) is 1. The summed E-state index contributed by atoms with van der Waals surface area (Å²) in [6.07, 6.45) is 0. The third-order valence-corrected chi connectivity index (χ3v) is 5.59. The third-order valence-electron chi connectivity index (χ3n) is 4.09. The Morgan fingerprint density at radius 1 is 0.893 bits per heavy atom. The van der Waals surface area contributed by atoms with E-state index in [9.17, 15) is 0 Å². The zero-order valence-corrected chi connectivity index (χ0v) is 18.8. The lowest BCUT2D eigenvalue weighted by Crippen LogP contribution is -2.04. The second-order valence-electron chi connectivity index (χ2n) is 5.94. The fraction of sp³-hybridized carbons (Fsp3) is 0.143. The van der Waals surface area contributed by atoms with E-state index < -0.39 is 0 Å². The van der Waals surface area contributed by atoms with E-state index >= 15 is 0 Å². The SMILES string of the molecule is COc1ccc(NCc2cc(Br)ccc2OCc2c(Cl)cccc2Cl)cc1Cl. The van der Waals surface area contributed by atoms with Crippen LogP contribution in [0.3, 0.4) is 0 Å². The molecule has 7 heteroatoms. The molecule has 0 saturated heterocycles. The van der Waals surface area contributed by atoms with Crippen LogP contribution in [-0.4, -0.2) is 7.11 Å². The van der Waals surface area contributed by atoms with Crippen LogP contribution in [0, 0.1) is 0 Å². The van der Waals surface area contributed by atoms with E-state index in [1.807, 2.05) is 42.5 Å². The molecule has 3 aromatic rings. The van der Waals surface area contributed by atoms with Gasteiger partial charge >= 0.3 is 0 Å². The Morgan fingerprint density at radius 2 is 1.61 bits per heavy atom. The van der Waals surface area contributed by atoms with Crippen molar-refractivity contribution in [3.63, 3.8) is 0 Å². The first-order valence-corrected chi connectivity index (χ1v) is 10.3. The fourth-order valence-corrected chi connectivity index (χ4v) is 3.79. The largest absolute Gasteiger partial charge is 0.495 e. The highest BCUT2D eigenvalue weighted by atomic mass is 79.9. The smallest absolute Gasteiger partial charge is 0.137 e. The second kappa shape index (κ2) is 9.75. The standard InChI is InChI=1S/C21H17BrCl3NO2/c1-27-21-8-6-15(10-19(21)25)26-11-13-9-14(22)5-7-20(13)28-12-16-17(23)3-2-4-18(16)24/h2-10,26H,11-12H2,1H3. The molecule has 3 aromatic carbocycles. The van der Waals surface area contributed by atoms with E-state index in [0.717, 1.165) is 27.0 Å². The molecule has 0 aromatic heterocycles. The minimum atomic E-state index is 0.279. The summed E-state index contributed by atoms with van der Waals surface area (Å²) in [5.41, 5.74) is 2.62. The third kappa shape index (κ3) is 5.26. The zero-order valence-electron chi connectivity index (χ0n) is 14.9. The zero-order chi connectivity index (χ0) is 20.1. The molecule has 0 saturated carbocycles. The minimum absolute atomic E-state index is 0.279. The van der Waals surface area contributed by atoms with Crippen LogP contribution in [0.25, 0.3) is 0 Å².